The number of alkyl halides is 2. The van der Waals surface area contributed by atoms with E-state index in [4.69, 9.17) is 5.73 Å². The van der Waals surface area contributed by atoms with Crippen molar-refractivity contribution in [1.82, 2.24) is 0 Å². The molecule has 1 atom stereocenters. The first kappa shape index (κ1) is 14.4. The van der Waals surface area contributed by atoms with Crippen molar-refractivity contribution in [3.63, 3.8) is 0 Å². The summed E-state index contributed by atoms with van der Waals surface area (Å²) in [5.41, 5.74) is 5.58. The van der Waals surface area contributed by atoms with Crippen LogP contribution in [0.25, 0.3) is 0 Å². The summed E-state index contributed by atoms with van der Waals surface area (Å²) in [6, 6.07) is 6.05. The molecule has 6 heteroatoms. The molecule has 100 valence electrons. The number of carbonyl (C=O) groups excluding carboxylic acids is 1. The summed E-state index contributed by atoms with van der Waals surface area (Å²) in [6.45, 7) is -0.813. The fourth-order valence-electron chi connectivity index (χ4n) is 1.41. The highest BCUT2D eigenvalue weighted by Crippen LogP contribution is 2.26. The Morgan fingerprint density at radius 3 is 2.72 bits per heavy atom. The average Bonchev–Trinajstić information content (AvgIpc) is 2.31. The van der Waals surface area contributed by atoms with Gasteiger partial charge in [-0.15, -0.1) is 0 Å². The molecule has 0 saturated carbocycles. The molecule has 1 unspecified atom stereocenters. The van der Waals surface area contributed by atoms with Crippen LogP contribution >= 0.6 is 0 Å². The molecule has 0 aliphatic rings. The first-order valence-electron chi connectivity index (χ1n) is 5.59. The molecular weight excluding hydrogens is 242 g/mol. The molecule has 0 aliphatic carbocycles. The van der Waals surface area contributed by atoms with Crippen LogP contribution in [0.5, 0.6) is 5.75 Å². The Kier molecular flexibility index (Phi) is 5.51. The lowest BCUT2D eigenvalue weighted by Crippen LogP contribution is -2.23. The summed E-state index contributed by atoms with van der Waals surface area (Å²) < 4.78 is 28.6. The molecule has 1 amide bonds. The molecule has 18 heavy (non-hydrogen) atoms. The van der Waals surface area contributed by atoms with Crippen LogP contribution in [0.4, 0.5) is 14.5 Å². The van der Waals surface area contributed by atoms with Gasteiger partial charge in [0.25, 0.3) is 0 Å². The Bertz CT molecular complexity index is 399. The number of para-hydroxylation sites is 2. The third kappa shape index (κ3) is 4.29. The van der Waals surface area contributed by atoms with Crippen molar-refractivity contribution in [1.29, 1.82) is 0 Å². The molecule has 1 aromatic rings. The highest BCUT2D eigenvalue weighted by molar-refractivity contribution is 5.93. The van der Waals surface area contributed by atoms with E-state index in [1.165, 1.54) is 12.1 Å². The van der Waals surface area contributed by atoms with Crippen LogP contribution in [0.2, 0.25) is 0 Å². The molecule has 0 radical (unpaired) electrons. The van der Waals surface area contributed by atoms with Crippen molar-refractivity contribution in [2.75, 3.05) is 11.9 Å². The fourth-order valence-corrected chi connectivity index (χ4v) is 1.41. The number of hydrogen-bond donors (Lipinski definition) is 2. The van der Waals surface area contributed by atoms with Gasteiger partial charge in [-0.1, -0.05) is 19.1 Å². The maximum atomic E-state index is 12.2. The van der Waals surface area contributed by atoms with Crippen molar-refractivity contribution >= 4 is 11.6 Å². The second-order valence-electron chi connectivity index (χ2n) is 3.84. The van der Waals surface area contributed by atoms with Crippen LogP contribution in [0, 0.1) is 5.92 Å². The molecule has 3 N–H and O–H groups in total. The zero-order valence-electron chi connectivity index (χ0n) is 10.0. The molecule has 4 nitrogen and oxygen atoms in total. The van der Waals surface area contributed by atoms with Crippen LogP contribution < -0.4 is 15.8 Å². The van der Waals surface area contributed by atoms with E-state index in [1.54, 1.807) is 19.1 Å². The first-order chi connectivity index (χ1) is 8.54. The number of benzene rings is 1. The number of carbonyl (C=O) groups is 1. The lowest BCUT2D eigenvalue weighted by atomic mass is 10.1. The number of ether oxygens (including phenoxy) is 1. The molecule has 0 spiro atoms. The van der Waals surface area contributed by atoms with E-state index in [0.717, 1.165) is 0 Å². The van der Waals surface area contributed by atoms with Gasteiger partial charge in [-0.3, -0.25) is 4.79 Å². The predicted octanol–water partition coefficient (Wildman–Crippen LogP) is 2.21. The van der Waals surface area contributed by atoms with Crippen molar-refractivity contribution in [2.24, 2.45) is 11.7 Å². The van der Waals surface area contributed by atoms with Crippen LogP contribution in [0.3, 0.4) is 0 Å². The van der Waals surface area contributed by atoms with E-state index in [1.807, 2.05) is 0 Å². The van der Waals surface area contributed by atoms with Crippen molar-refractivity contribution in [2.45, 2.75) is 20.0 Å². The summed E-state index contributed by atoms with van der Waals surface area (Å²) in [7, 11) is 0. The van der Waals surface area contributed by atoms with Gasteiger partial charge in [0, 0.05) is 5.92 Å². The minimum absolute atomic E-state index is 0.0548. The SMILES string of the molecule is CC(CCN)C(=O)Nc1ccccc1OC(F)F. The quantitative estimate of drug-likeness (QED) is 0.822. The van der Waals surface area contributed by atoms with Crippen LogP contribution in [0.15, 0.2) is 24.3 Å². The minimum Gasteiger partial charge on any atom is -0.433 e. The van der Waals surface area contributed by atoms with Crippen LogP contribution in [-0.2, 0) is 4.79 Å². The maximum absolute atomic E-state index is 12.2. The molecule has 0 heterocycles. The number of hydrogen-bond acceptors (Lipinski definition) is 3. The van der Waals surface area contributed by atoms with Crippen LogP contribution in [0.1, 0.15) is 13.3 Å². The second-order valence-corrected chi connectivity index (χ2v) is 3.84. The van der Waals surface area contributed by atoms with Gasteiger partial charge < -0.3 is 15.8 Å². The van der Waals surface area contributed by atoms with Gasteiger partial charge >= 0.3 is 6.61 Å². The van der Waals surface area contributed by atoms with Crippen molar-refractivity contribution in [3.8, 4) is 5.75 Å². The van der Waals surface area contributed by atoms with Gasteiger partial charge in [0.15, 0.2) is 0 Å². The summed E-state index contributed by atoms with van der Waals surface area (Å²) in [4.78, 5) is 11.7. The molecule has 0 saturated heterocycles. The zero-order chi connectivity index (χ0) is 13.5. The van der Waals surface area contributed by atoms with Crippen molar-refractivity contribution in [3.05, 3.63) is 24.3 Å². The number of nitrogens with two attached hydrogens (primary N) is 1. The van der Waals surface area contributed by atoms with E-state index in [-0.39, 0.29) is 23.3 Å². The van der Waals surface area contributed by atoms with Crippen LogP contribution in [-0.4, -0.2) is 19.1 Å². The molecular formula is C12H16F2N2O2. The highest BCUT2D eigenvalue weighted by Gasteiger charge is 2.15. The number of anilines is 1. The molecule has 1 rings (SSSR count). The van der Waals surface area contributed by atoms with E-state index in [0.29, 0.717) is 13.0 Å². The minimum atomic E-state index is -2.93. The number of amides is 1. The van der Waals surface area contributed by atoms with Gasteiger partial charge in [0.1, 0.15) is 5.75 Å². The fraction of sp³-hybridized carbons (Fsp3) is 0.417. The summed E-state index contributed by atoms with van der Waals surface area (Å²) in [5.74, 6) is -0.610. The van der Waals surface area contributed by atoms with Gasteiger partial charge in [-0.2, -0.15) is 8.78 Å². The zero-order valence-corrected chi connectivity index (χ0v) is 10.0. The monoisotopic (exact) mass is 258 g/mol. The summed E-state index contributed by atoms with van der Waals surface area (Å²) in [6.07, 6.45) is 0.531. The smallest absolute Gasteiger partial charge is 0.387 e. The lowest BCUT2D eigenvalue weighted by molar-refractivity contribution is -0.119. The van der Waals surface area contributed by atoms with Gasteiger partial charge in [0.2, 0.25) is 5.91 Å². The van der Waals surface area contributed by atoms with Gasteiger partial charge in [0.05, 0.1) is 5.69 Å². The average molecular weight is 258 g/mol. The van der Waals surface area contributed by atoms with E-state index in [2.05, 4.69) is 10.1 Å². The number of nitrogens with one attached hydrogen (secondary N) is 1. The van der Waals surface area contributed by atoms with E-state index in [9.17, 15) is 13.6 Å². The Hall–Kier alpha value is -1.69. The lowest BCUT2D eigenvalue weighted by Gasteiger charge is -2.14. The number of rotatable bonds is 6. The van der Waals surface area contributed by atoms with E-state index < -0.39 is 6.61 Å². The van der Waals surface area contributed by atoms with E-state index >= 15 is 0 Å². The normalized spacial score (nSPS) is 12.3. The second kappa shape index (κ2) is 6.90. The standard InChI is InChI=1S/C12H16F2N2O2/c1-8(6-7-15)11(17)16-9-4-2-3-5-10(9)18-12(13)14/h2-5,8,12H,6-7,15H2,1H3,(H,16,17). The molecule has 0 aliphatic heterocycles. The molecule has 0 aromatic heterocycles. The largest absolute Gasteiger partial charge is 0.433 e. The molecule has 1 aromatic carbocycles. The number of halogens is 2. The third-order valence-corrected chi connectivity index (χ3v) is 2.41. The Balaban J connectivity index is 2.74. The third-order valence-electron chi connectivity index (χ3n) is 2.41. The molecule has 0 fully saturated rings. The van der Waals surface area contributed by atoms with Crippen molar-refractivity contribution < 1.29 is 18.3 Å². The highest BCUT2D eigenvalue weighted by atomic mass is 19.3. The Labute approximate surface area is 104 Å². The topological polar surface area (TPSA) is 64.4 Å². The summed E-state index contributed by atoms with van der Waals surface area (Å²) >= 11 is 0. The van der Waals surface area contributed by atoms with Gasteiger partial charge in [-0.25, -0.2) is 0 Å². The first-order valence-corrected chi connectivity index (χ1v) is 5.59. The molecule has 0 bridgehead atoms. The Morgan fingerprint density at radius 2 is 2.11 bits per heavy atom. The predicted molar refractivity (Wildman–Crippen MR) is 64.5 cm³/mol. The van der Waals surface area contributed by atoms with Gasteiger partial charge in [-0.05, 0) is 25.1 Å². The maximum Gasteiger partial charge on any atom is 0.387 e. The summed E-state index contributed by atoms with van der Waals surface area (Å²) in [5, 5.41) is 2.55. The Morgan fingerprint density at radius 1 is 1.44 bits per heavy atom.